The number of hydrogen-bond donors (Lipinski definition) is 0. The van der Waals surface area contributed by atoms with Crippen molar-refractivity contribution in [1.82, 2.24) is 4.37 Å². The number of nitrogens with zero attached hydrogens (tertiary/aromatic N) is 1. The first kappa shape index (κ1) is 4.78. The number of hydrogen-bond acceptors (Lipinski definition) is 2. The van der Waals surface area contributed by atoms with Crippen molar-refractivity contribution >= 4 is 11.5 Å². The summed E-state index contributed by atoms with van der Waals surface area (Å²) in [4.78, 5) is 1.26. The number of aryl methyl sites for hydroxylation is 2. The van der Waals surface area contributed by atoms with Crippen LogP contribution < -0.4 is 0 Å². The molecule has 0 aliphatic heterocycles. The molecule has 0 bridgehead atoms. The first-order chi connectivity index (χ1) is 3.30. The Labute approximate surface area is 47.2 Å². The van der Waals surface area contributed by atoms with Gasteiger partial charge in [0.25, 0.3) is 0 Å². The summed E-state index contributed by atoms with van der Waals surface area (Å²) in [5.74, 6) is 0. The van der Waals surface area contributed by atoms with Crippen LogP contribution in [0.15, 0.2) is 0 Å². The summed E-state index contributed by atoms with van der Waals surface area (Å²) in [7, 11) is 0. The Morgan fingerprint density at radius 2 is 2.29 bits per heavy atom. The molecule has 0 N–H and O–H groups in total. The molecule has 0 aromatic carbocycles. The fourth-order valence-corrected chi connectivity index (χ4v) is 0.809. The standard InChI is InChI=1S/C5H6NS/c1-4-3-6-7-5(4)2/h1-2H3. The van der Waals surface area contributed by atoms with Crippen LogP contribution in [0, 0.1) is 20.0 Å². The Morgan fingerprint density at radius 3 is 2.43 bits per heavy atom. The fraction of sp³-hybridized carbons (Fsp3) is 0.400. The quantitative estimate of drug-likeness (QED) is 0.496. The van der Waals surface area contributed by atoms with Gasteiger partial charge in [-0.1, -0.05) is 0 Å². The molecule has 0 atom stereocenters. The number of rotatable bonds is 0. The number of aromatic nitrogens is 1. The summed E-state index contributed by atoms with van der Waals surface area (Å²) in [5.41, 5.74) is 1.17. The van der Waals surface area contributed by atoms with Crippen LogP contribution in [0.3, 0.4) is 0 Å². The summed E-state index contributed by atoms with van der Waals surface area (Å²) in [6.07, 6.45) is 2.84. The first-order valence-corrected chi connectivity index (χ1v) is 2.88. The molecule has 7 heavy (non-hydrogen) atoms. The van der Waals surface area contributed by atoms with Crippen LogP contribution in [0.5, 0.6) is 0 Å². The molecule has 0 spiro atoms. The van der Waals surface area contributed by atoms with Gasteiger partial charge in [-0.25, -0.2) is 0 Å². The summed E-state index contributed by atoms with van der Waals surface area (Å²) in [5, 5.41) is 0. The molecule has 1 rings (SSSR count). The van der Waals surface area contributed by atoms with Crippen molar-refractivity contribution in [2.75, 3.05) is 0 Å². The van der Waals surface area contributed by atoms with E-state index in [2.05, 4.69) is 10.6 Å². The Kier molecular flexibility index (Phi) is 1.11. The molecule has 0 saturated heterocycles. The van der Waals surface area contributed by atoms with Gasteiger partial charge in [-0.3, -0.25) is 0 Å². The maximum absolute atomic E-state index is 3.84. The summed E-state index contributed by atoms with van der Waals surface area (Å²) >= 11 is 1.50. The minimum atomic E-state index is 1.17. The second kappa shape index (κ2) is 1.62. The smallest absolute Gasteiger partial charge is 0.107 e. The van der Waals surface area contributed by atoms with E-state index in [1.54, 1.807) is 0 Å². The molecule has 1 heterocycles. The van der Waals surface area contributed by atoms with Crippen LogP contribution in [0.25, 0.3) is 0 Å². The topological polar surface area (TPSA) is 12.9 Å². The normalized spacial score (nSPS) is 9.43. The molecule has 0 fully saturated rings. The highest BCUT2D eigenvalue weighted by atomic mass is 32.1. The zero-order valence-corrected chi connectivity index (χ0v) is 5.17. The van der Waals surface area contributed by atoms with Gasteiger partial charge in [0.1, 0.15) is 6.20 Å². The van der Waals surface area contributed by atoms with Crippen LogP contribution in [0.2, 0.25) is 0 Å². The molecule has 1 aromatic rings. The van der Waals surface area contributed by atoms with Crippen LogP contribution in [0.4, 0.5) is 0 Å². The van der Waals surface area contributed by atoms with E-state index in [-0.39, 0.29) is 0 Å². The SMILES string of the molecule is Cc1[c]nsc1C. The molecular formula is C5H6NS. The summed E-state index contributed by atoms with van der Waals surface area (Å²) in [6, 6.07) is 0. The minimum Gasteiger partial charge on any atom is -0.190 e. The van der Waals surface area contributed by atoms with Crippen molar-refractivity contribution in [1.29, 1.82) is 0 Å². The fourth-order valence-electron chi connectivity index (χ4n) is 0.307. The molecule has 0 aliphatic carbocycles. The van der Waals surface area contributed by atoms with E-state index in [0.717, 1.165) is 0 Å². The lowest BCUT2D eigenvalue weighted by atomic mass is 10.3. The van der Waals surface area contributed by atoms with Gasteiger partial charge in [0.05, 0.1) is 0 Å². The average Bonchev–Trinajstić information content (AvgIpc) is 1.91. The van der Waals surface area contributed by atoms with Crippen LogP contribution >= 0.6 is 11.5 Å². The highest BCUT2D eigenvalue weighted by molar-refractivity contribution is 7.05. The van der Waals surface area contributed by atoms with E-state index in [1.807, 2.05) is 13.8 Å². The van der Waals surface area contributed by atoms with E-state index in [0.29, 0.717) is 0 Å². The van der Waals surface area contributed by atoms with Crippen molar-refractivity contribution in [3.05, 3.63) is 16.6 Å². The third kappa shape index (κ3) is 0.800. The van der Waals surface area contributed by atoms with E-state index >= 15 is 0 Å². The molecule has 0 saturated carbocycles. The monoisotopic (exact) mass is 112 g/mol. The Morgan fingerprint density at radius 1 is 1.57 bits per heavy atom. The third-order valence-electron chi connectivity index (χ3n) is 0.924. The van der Waals surface area contributed by atoms with Crippen molar-refractivity contribution in [2.24, 2.45) is 0 Å². The molecule has 1 nitrogen and oxygen atoms in total. The van der Waals surface area contributed by atoms with Gasteiger partial charge in [0.2, 0.25) is 0 Å². The van der Waals surface area contributed by atoms with Crippen molar-refractivity contribution in [3.8, 4) is 0 Å². The molecule has 0 amide bonds. The van der Waals surface area contributed by atoms with Gasteiger partial charge in [-0.05, 0) is 30.9 Å². The Bertz CT molecular complexity index is 140. The zero-order chi connectivity index (χ0) is 5.28. The summed E-state index contributed by atoms with van der Waals surface area (Å²) in [6.45, 7) is 4.06. The molecule has 0 unspecified atom stereocenters. The van der Waals surface area contributed by atoms with Gasteiger partial charge in [-0.2, -0.15) is 4.37 Å². The molecule has 2 heteroatoms. The third-order valence-corrected chi connectivity index (χ3v) is 1.69. The van der Waals surface area contributed by atoms with Crippen LogP contribution in [0.1, 0.15) is 10.4 Å². The lowest BCUT2D eigenvalue weighted by molar-refractivity contribution is 1.39. The molecule has 37 valence electrons. The van der Waals surface area contributed by atoms with Crippen LogP contribution in [-0.2, 0) is 0 Å². The van der Waals surface area contributed by atoms with Crippen molar-refractivity contribution < 1.29 is 0 Å². The van der Waals surface area contributed by atoms with Gasteiger partial charge in [0, 0.05) is 4.88 Å². The van der Waals surface area contributed by atoms with Gasteiger partial charge in [-0.15, -0.1) is 0 Å². The lowest BCUT2D eigenvalue weighted by Crippen LogP contribution is -1.62. The van der Waals surface area contributed by atoms with Crippen molar-refractivity contribution in [3.63, 3.8) is 0 Å². The molecule has 1 aromatic heterocycles. The Balaban J connectivity index is 3.12. The van der Waals surface area contributed by atoms with E-state index in [4.69, 9.17) is 0 Å². The van der Waals surface area contributed by atoms with Gasteiger partial charge >= 0.3 is 0 Å². The van der Waals surface area contributed by atoms with Gasteiger partial charge in [0.15, 0.2) is 0 Å². The van der Waals surface area contributed by atoms with E-state index in [9.17, 15) is 0 Å². The van der Waals surface area contributed by atoms with Crippen LogP contribution in [-0.4, -0.2) is 4.37 Å². The molecule has 0 aliphatic rings. The first-order valence-electron chi connectivity index (χ1n) is 2.11. The van der Waals surface area contributed by atoms with E-state index < -0.39 is 0 Å². The maximum atomic E-state index is 3.84. The Hall–Kier alpha value is -0.370. The largest absolute Gasteiger partial charge is 0.190 e. The van der Waals surface area contributed by atoms with E-state index in [1.165, 1.54) is 22.0 Å². The second-order valence-corrected chi connectivity index (χ2v) is 2.45. The second-order valence-electron chi connectivity index (χ2n) is 1.48. The van der Waals surface area contributed by atoms with Gasteiger partial charge < -0.3 is 0 Å². The summed E-state index contributed by atoms with van der Waals surface area (Å²) < 4.78 is 3.84. The maximum Gasteiger partial charge on any atom is 0.107 e. The highest BCUT2D eigenvalue weighted by Crippen LogP contribution is 2.07. The molecular weight excluding hydrogens is 106 g/mol. The predicted octanol–water partition coefficient (Wildman–Crippen LogP) is 1.56. The van der Waals surface area contributed by atoms with Crippen molar-refractivity contribution in [2.45, 2.75) is 13.8 Å². The minimum absolute atomic E-state index is 1.17. The lowest BCUT2D eigenvalue weighted by Gasteiger charge is -1.76. The predicted molar refractivity (Wildman–Crippen MR) is 30.4 cm³/mol. The molecule has 1 radical (unpaired) electrons. The average molecular weight is 112 g/mol. The highest BCUT2D eigenvalue weighted by Gasteiger charge is 1.90. The zero-order valence-electron chi connectivity index (χ0n) is 4.36.